The summed E-state index contributed by atoms with van der Waals surface area (Å²) >= 11 is 0. The fraction of sp³-hybridized carbons (Fsp3) is 0.519. The average molecular weight is 535 g/mol. The van der Waals surface area contributed by atoms with Gasteiger partial charge in [0, 0.05) is 5.92 Å². The van der Waals surface area contributed by atoms with Crippen molar-refractivity contribution in [1.82, 2.24) is 0 Å². The van der Waals surface area contributed by atoms with Gasteiger partial charge in [0.05, 0.1) is 40.5 Å². The van der Waals surface area contributed by atoms with E-state index in [1.54, 1.807) is 32.4 Å². The molecular weight excluding hydrogens is 500 g/mol. The second-order valence-corrected chi connectivity index (χ2v) is 9.39. The van der Waals surface area contributed by atoms with Gasteiger partial charge >= 0.3 is 5.97 Å². The van der Waals surface area contributed by atoms with Crippen LogP contribution < -0.4 is 18.9 Å². The summed E-state index contributed by atoms with van der Waals surface area (Å²) in [4.78, 5) is 12.6. The Morgan fingerprint density at radius 2 is 1.42 bits per heavy atom. The fourth-order valence-electron chi connectivity index (χ4n) is 4.85. The zero-order chi connectivity index (χ0) is 27.4. The van der Waals surface area contributed by atoms with Gasteiger partial charge in [0.25, 0.3) is 0 Å². The Morgan fingerprint density at radius 1 is 0.816 bits per heavy atom. The van der Waals surface area contributed by atoms with E-state index in [-0.39, 0.29) is 23.6 Å². The number of methoxy groups -OCH3 is 3. The number of carbonyl (C=O) groups is 1. The Bertz CT molecular complexity index is 1100. The second kappa shape index (κ2) is 12.2. The number of benzene rings is 2. The predicted octanol–water partition coefficient (Wildman–Crippen LogP) is 0.466. The maximum atomic E-state index is 12.6. The molecule has 0 bridgehead atoms. The molecule has 0 aliphatic carbocycles. The van der Waals surface area contributed by atoms with E-state index in [1.165, 1.54) is 7.11 Å². The Kier molecular flexibility index (Phi) is 8.95. The second-order valence-electron chi connectivity index (χ2n) is 9.39. The Morgan fingerprint density at radius 3 is 2.05 bits per heavy atom. The third-order valence-corrected chi connectivity index (χ3v) is 7.03. The van der Waals surface area contributed by atoms with Crippen molar-refractivity contribution >= 4 is 5.97 Å². The minimum absolute atomic E-state index is 0.0448. The number of hydrogen-bond acceptors (Lipinski definition) is 11. The standard InChI is InChI=1S/C27H34O11/c1-33-18-6-4-14(10-20(18)34-2)8-16-13-36-26(32)17(16)9-15-5-7-19(21(11-15)35-3)37-27-25(31)24(30)23(29)22(12-28)38-27/h4-7,10-11,16-17,22-25,27-31H,8-9,12-13H2,1-3H3/t16?,17?,22-,23-,24+,25-,27?/m1/s1. The highest BCUT2D eigenvalue weighted by Crippen LogP contribution is 2.36. The van der Waals surface area contributed by atoms with E-state index in [9.17, 15) is 25.2 Å². The molecular formula is C27H34O11. The highest BCUT2D eigenvalue weighted by atomic mass is 16.7. The molecule has 4 rings (SSSR count). The van der Waals surface area contributed by atoms with Crippen LogP contribution in [0.5, 0.6) is 23.0 Å². The van der Waals surface area contributed by atoms with Gasteiger partial charge in [0.2, 0.25) is 6.29 Å². The number of carbonyl (C=O) groups excluding carboxylic acids is 1. The van der Waals surface area contributed by atoms with Gasteiger partial charge in [0.1, 0.15) is 24.4 Å². The molecule has 2 heterocycles. The van der Waals surface area contributed by atoms with E-state index in [4.69, 9.17) is 28.4 Å². The molecule has 2 aliphatic rings. The van der Waals surface area contributed by atoms with Gasteiger partial charge in [-0.1, -0.05) is 12.1 Å². The van der Waals surface area contributed by atoms with Crippen molar-refractivity contribution in [2.24, 2.45) is 11.8 Å². The molecule has 2 aliphatic heterocycles. The van der Waals surface area contributed by atoms with Crippen molar-refractivity contribution in [2.75, 3.05) is 34.5 Å². The molecule has 2 saturated heterocycles. The first-order valence-electron chi connectivity index (χ1n) is 12.3. The molecule has 3 unspecified atom stereocenters. The van der Waals surface area contributed by atoms with Crippen molar-refractivity contribution in [3.05, 3.63) is 47.5 Å². The van der Waals surface area contributed by atoms with Crippen LogP contribution in [-0.4, -0.2) is 91.6 Å². The van der Waals surface area contributed by atoms with Gasteiger partial charge in [-0.05, 0) is 48.2 Å². The third kappa shape index (κ3) is 5.82. The summed E-state index contributed by atoms with van der Waals surface area (Å²) in [5.41, 5.74) is 1.81. The molecule has 0 aromatic heterocycles. The van der Waals surface area contributed by atoms with Crippen molar-refractivity contribution in [2.45, 2.75) is 43.5 Å². The molecule has 0 radical (unpaired) electrons. The SMILES string of the molecule is COc1ccc(CC2COC(=O)C2Cc2ccc(OC3O[C@H](CO)[C@@H](O)[C@H](O)[C@H]3O)c(OC)c2)cc1OC. The summed E-state index contributed by atoms with van der Waals surface area (Å²) in [7, 11) is 4.60. The van der Waals surface area contributed by atoms with E-state index in [0.717, 1.165) is 11.1 Å². The van der Waals surface area contributed by atoms with E-state index < -0.39 is 37.3 Å². The van der Waals surface area contributed by atoms with E-state index >= 15 is 0 Å². The number of ether oxygens (including phenoxy) is 6. The Hall–Kier alpha value is -3.09. The van der Waals surface area contributed by atoms with Crippen molar-refractivity contribution in [3.63, 3.8) is 0 Å². The van der Waals surface area contributed by atoms with Crippen LogP contribution in [0.2, 0.25) is 0 Å². The first-order chi connectivity index (χ1) is 18.3. The molecule has 7 atom stereocenters. The van der Waals surface area contributed by atoms with Crippen LogP contribution in [0.25, 0.3) is 0 Å². The minimum atomic E-state index is -1.56. The molecule has 0 spiro atoms. The molecule has 11 heteroatoms. The number of aliphatic hydroxyl groups is 4. The lowest BCUT2D eigenvalue weighted by molar-refractivity contribution is -0.277. The molecule has 2 aromatic rings. The lowest BCUT2D eigenvalue weighted by atomic mass is 9.85. The average Bonchev–Trinajstić information content (AvgIpc) is 3.27. The first kappa shape index (κ1) is 27.9. The highest BCUT2D eigenvalue weighted by molar-refractivity contribution is 5.75. The summed E-state index contributed by atoms with van der Waals surface area (Å²) in [5.74, 6) is 1.10. The zero-order valence-corrected chi connectivity index (χ0v) is 21.5. The van der Waals surface area contributed by atoms with Gasteiger partial charge in [0.15, 0.2) is 23.0 Å². The van der Waals surface area contributed by atoms with Crippen molar-refractivity contribution < 1.29 is 53.6 Å². The lowest BCUT2D eigenvalue weighted by Crippen LogP contribution is -2.60. The fourth-order valence-corrected chi connectivity index (χ4v) is 4.85. The van der Waals surface area contributed by atoms with Crippen LogP contribution in [0.1, 0.15) is 11.1 Å². The molecule has 2 fully saturated rings. The van der Waals surface area contributed by atoms with Crippen LogP contribution in [0.4, 0.5) is 0 Å². The largest absolute Gasteiger partial charge is 0.493 e. The molecule has 208 valence electrons. The summed E-state index contributed by atoms with van der Waals surface area (Å²) < 4.78 is 32.7. The number of hydrogen-bond donors (Lipinski definition) is 4. The summed E-state index contributed by atoms with van der Waals surface area (Å²) in [6.45, 7) is -0.254. The monoisotopic (exact) mass is 534 g/mol. The van der Waals surface area contributed by atoms with Crippen molar-refractivity contribution in [3.8, 4) is 23.0 Å². The lowest BCUT2D eigenvalue weighted by Gasteiger charge is -2.39. The molecule has 0 saturated carbocycles. The van der Waals surface area contributed by atoms with Crippen LogP contribution >= 0.6 is 0 Å². The first-order valence-corrected chi connectivity index (χ1v) is 12.3. The van der Waals surface area contributed by atoms with Crippen molar-refractivity contribution in [1.29, 1.82) is 0 Å². The number of cyclic esters (lactones) is 1. The van der Waals surface area contributed by atoms with Gasteiger partial charge < -0.3 is 48.8 Å². The summed E-state index contributed by atoms with van der Waals surface area (Å²) in [5, 5.41) is 39.7. The van der Waals surface area contributed by atoms with Crippen LogP contribution in [-0.2, 0) is 27.1 Å². The van der Waals surface area contributed by atoms with Crippen LogP contribution in [0.3, 0.4) is 0 Å². The third-order valence-electron chi connectivity index (χ3n) is 7.03. The van der Waals surface area contributed by atoms with Gasteiger partial charge in [-0.3, -0.25) is 4.79 Å². The minimum Gasteiger partial charge on any atom is -0.493 e. The van der Waals surface area contributed by atoms with Gasteiger partial charge in [-0.25, -0.2) is 0 Å². The number of esters is 1. The molecule has 11 nitrogen and oxygen atoms in total. The molecule has 4 N–H and O–H groups in total. The van der Waals surface area contributed by atoms with E-state index in [0.29, 0.717) is 36.7 Å². The Labute approximate surface area is 220 Å². The topological polar surface area (TPSA) is 153 Å². The maximum Gasteiger partial charge on any atom is 0.309 e. The van der Waals surface area contributed by atoms with Crippen LogP contribution in [0.15, 0.2) is 36.4 Å². The summed E-state index contributed by atoms with van der Waals surface area (Å²) in [6.07, 6.45) is -6.02. The van der Waals surface area contributed by atoms with E-state index in [2.05, 4.69) is 0 Å². The zero-order valence-electron chi connectivity index (χ0n) is 21.5. The number of rotatable bonds is 10. The normalized spacial score (nSPS) is 29.0. The highest BCUT2D eigenvalue weighted by Gasteiger charge is 2.45. The summed E-state index contributed by atoms with van der Waals surface area (Å²) in [6, 6.07) is 10.8. The van der Waals surface area contributed by atoms with Crippen LogP contribution in [0, 0.1) is 11.8 Å². The van der Waals surface area contributed by atoms with E-state index in [1.807, 2.05) is 18.2 Å². The Balaban J connectivity index is 1.47. The molecule has 0 amide bonds. The van der Waals surface area contributed by atoms with Gasteiger partial charge in [-0.15, -0.1) is 0 Å². The smallest absolute Gasteiger partial charge is 0.309 e. The molecule has 2 aromatic carbocycles. The predicted molar refractivity (Wildman–Crippen MR) is 132 cm³/mol. The number of aliphatic hydroxyl groups excluding tert-OH is 4. The quantitative estimate of drug-likeness (QED) is 0.315. The van der Waals surface area contributed by atoms with Gasteiger partial charge in [-0.2, -0.15) is 0 Å². The molecule has 38 heavy (non-hydrogen) atoms. The maximum absolute atomic E-state index is 12.6.